The van der Waals surface area contributed by atoms with Gasteiger partial charge >= 0.3 is 5.97 Å². The minimum Gasteiger partial charge on any atom is -0.465 e. The normalized spacial score (nSPS) is 15.8. The number of carbonyl (C=O) groups excluding carboxylic acids is 1. The molecule has 0 N–H and O–H groups in total. The summed E-state index contributed by atoms with van der Waals surface area (Å²) in [6.45, 7) is 4.50. The van der Waals surface area contributed by atoms with Gasteiger partial charge in [0, 0.05) is 0 Å². The second-order valence-electron chi connectivity index (χ2n) is 2.79. The van der Waals surface area contributed by atoms with Crippen molar-refractivity contribution < 1.29 is 18.3 Å². The summed E-state index contributed by atoms with van der Waals surface area (Å²) in [5, 5.41) is 0. The number of halogens is 2. The Morgan fingerprint density at radius 2 is 2.00 bits per heavy atom. The van der Waals surface area contributed by atoms with Crippen molar-refractivity contribution in [1.29, 1.82) is 0 Å². The molecular formula is C8H14F2O2. The molecule has 0 bridgehead atoms. The van der Waals surface area contributed by atoms with Crippen LogP contribution in [0.5, 0.6) is 0 Å². The predicted molar refractivity (Wildman–Crippen MR) is 41.0 cm³/mol. The lowest BCUT2D eigenvalue weighted by Gasteiger charge is -2.24. The van der Waals surface area contributed by atoms with Crippen molar-refractivity contribution in [2.24, 2.45) is 5.41 Å². The molecule has 0 aliphatic rings. The number of esters is 1. The second-order valence-corrected chi connectivity index (χ2v) is 2.79. The topological polar surface area (TPSA) is 26.3 Å². The molecule has 0 aromatic carbocycles. The molecular weight excluding hydrogens is 166 g/mol. The summed E-state index contributed by atoms with van der Waals surface area (Å²) >= 11 is 0. The molecule has 0 aromatic heterocycles. The van der Waals surface area contributed by atoms with Crippen LogP contribution in [0.4, 0.5) is 8.78 Å². The first-order chi connectivity index (χ1) is 5.49. The molecule has 0 aliphatic heterocycles. The number of ether oxygens (including phenoxy) is 1. The number of alkyl halides is 2. The Morgan fingerprint density at radius 3 is 2.25 bits per heavy atom. The Bertz CT molecular complexity index is 159. The molecule has 0 amide bonds. The molecule has 0 aromatic rings. The van der Waals surface area contributed by atoms with E-state index in [1.807, 2.05) is 0 Å². The van der Waals surface area contributed by atoms with Crippen LogP contribution in [-0.4, -0.2) is 19.0 Å². The summed E-state index contributed by atoms with van der Waals surface area (Å²) in [4.78, 5) is 11.0. The summed E-state index contributed by atoms with van der Waals surface area (Å²) < 4.78 is 29.3. The van der Waals surface area contributed by atoms with Gasteiger partial charge in [-0.1, -0.05) is 6.92 Å². The molecule has 0 aliphatic carbocycles. The summed E-state index contributed by atoms with van der Waals surface area (Å²) in [5.74, 6) is -0.817. The van der Waals surface area contributed by atoms with Crippen LogP contribution in [-0.2, 0) is 9.53 Å². The average Bonchev–Trinajstić information content (AvgIpc) is 2.03. The van der Waals surface area contributed by atoms with E-state index in [2.05, 4.69) is 4.74 Å². The second kappa shape index (κ2) is 4.38. The van der Waals surface area contributed by atoms with E-state index >= 15 is 0 Å². The lowest BCUT2D eigenvalue weighted by atomic mass is 9.88. The van der Waals surface area contributed by atoms with Gasteiger partial charge < -0.3 is 4.74 Å². The highest BCUT2D eigenvalue weighted by molar-refractivity contribution is 5.76. The Morgan fingerprint density at radius 1 is 1.50 bits per heavy atom. The van der Waals surface area contributed by atoms with Gasteiger partial charge in [0.1, 0.15) is 5.41 Å². The largest absolute Gasteiger partial charge is 0.465 e. The van der Waals surface area contributed by atoms with E-state index in [1.165, 1.54) is 6.92 Å². The van der Waals surface area contributed by atoms with Crippen LogP contribution < -0.4 is 0 Å². The van der Waals surface area contributed by atoms with Crippen LogP contribution in [0.25, 0.3) is 0 Å². The van der Waals surface area contributed by atoms with Crippen molar-refractivity contribution in [3.63, 3.8) is 0 Å². The van der Waals surface area contributed by atoms with Crippen LogP contribution in [0, 0.1) is 5.41 Å². The van der Waals surface area contributed by atoms with Crippen LogP contribution in [0.2, 0.25) is 0 Å². The zero-order valence-corrected chi connectivity index (χ0v) is 7.56. The van der Waals surface area contributed by atoms with E-state index in [0.717, 1.165) is 0 Å². The van der Waals surface area contributed by atoms with E-state index < -0.39 is 17.8 Å². The quantitative estimate of drug-likeness (QED) is 0.620. The Labute approximate surface area is 70.9 Å². The van der Waals surface area contributed by atoms with Crippen molar-refractivity contribution in [3.8, 4) is 0 Å². The minimum absolute atomic E-state index is 0.0868. The highest BCUT2D eigenvalue weighted by atomic mass is 19.3. The molecule has 0 spiro atoms. The summed E-state index contributed by atoms with van der Waals surface area (Å²) in [6, 6.07) is 0. The standard InChI is InChI=1S/C8H14F2O2/c1-4-8(3,6(9)10)7(11)12-5-2/h6H,4-5H2,1-3H3. The first-order valence-electron chi connectivity index (χ1n) is 3.94. The van der Waals surface area contributed by atoms with E-state index in [9.17, 15) is 13.6 Å². The Hall–Kier alpha value is -0.670. The lowest BCUT2D eigenvalue weighted by Crippen LogP contribution is -2.36. The summed E-state index contributed by atoms with van der Waals surface area (Å²) in [5.41, 5.74) is -1.64. The maximum absolute atomic E-state index is 12.4. The smallest absolute Gasteiger partial charge is 0.317 e. The van der Waals surface area contributed by atoms with Crippen molar-refractivity contribution in [2.75, 3.05) is 6.61 Å². The molecule has 0 rings (SSSR count). The van der Waals surface area contributed by atoms with Gasteiger partial charge in [0.15, 0.2) is 0 Å². The van der Waals surface area contributed by atoms with Gasteiger partial charge in [-0.25, -0.2) is 8.78 Å². The third-order valence-corrected chi connectivity index (χ3v) is 1.96. The summed E-state index contributed by atoms with van der Waals surface area (Å²) in [7, 11) is 0. The zero-order valence-electron chi connectivity index (χ0n) is 7.56. The van der Waals surface area contributed by atoms with Crippen molar-refractivity contribution in [3.05, 3.63) is 0 Å². The van der Waals surface area contributed by atoms with Gasteiger partial charge in [-0.2, -0.15) is 0 Å². The van der Waals surface area contributed by atoms with Crippen molar-refractivity contribution in [2.45, 2.75) is 33.6 Å². The maximum Gasteiger partial charge on any atom is 0.317 e. The SMILES string of the molecule is CCOC(=O)C(C)(CC)C(F)F. The van der Waals surface area contributed by atoms with E-state index in [4.69, 9.17) is 0 Å². The molecule has 12 heavy (non-hydrogen) atoms. The lowest BCUT2D eigenvalue weighted by molar-refractivity contribution is -0.164. The fourth-order valence-corrected chi connectivity index (χ4v) is 0.684. The van der Waals surface area contributed by atoms with Gasteiger partial charge in [0.05, 0.1) is 6.61 Å². The van der Waals surface area contributed by atoms with Crippen LogP contribution in [0.3, 0.4) is 0 Å². The van der Waals surface area contributed by atoms with Crippen molar-refractivity contribution in [1.82, 2.24) is 0 Å². The number of hydrogen-bond donors (Lipinski definition) is 0. The molecule has 72 valence electrons. The monoisotopic (exact) mass is 180 g/mol. The van der Waals surface area contributed by atoms with Gasteiger partial charge in [0.2, 0.25) is 0 Å². The number of hydrogen-bond acceptors (Lipinski definition) is 2. The molecule has 0 fully saturated rings. The maximum atomic E-state index is 12.4. The Balaban J connectivity index is 4.40. The first kappa shape index (κ1) is 11.3. The fraction of sp³-hybridized carbons (Fsp3) is 0.875. The Kier molecular flexibility index (Phi) is 4.13. The van der Waals surface area contributed by atoms with Gasteiger partial charge in [-0.05, 0) is 20.3 Å². The summed E-state index contributed by atoms with van der Waals surface area (Å²) in [6.07, 6.45) is -2.58. The van der Waals surface area contributed by atoms with Crippen LogP contribution >= 0.6 is 0 Å². The highest BCUT2D eigenvalue weighted by Gasteiger charge is 2.42. The molecule has 1 atom stereocenters. The minimum atomic E-state index is -2.67. The molecule has 1 unspecified atom stereocenters. The molecule has 0 radical (unpaired) electrons. The molecule has 4 heteroatoms. The van der Waals surface area contributed by atoms with Gasteiger partial charge in [-0.15, -0.1) is 0 Å². The third-order valence-electron chi connectivity index (χ3n) is 1.96. The number of carbonyl (C=O) groups is 1. The zero-order chi connectivity index (χ0) is 9.78. The number of rotatable bonds is 4. The fourth-order valence-electron chi connectivity index (χ4n) is 0.684. The van der Waals surface area contributed by atoms with Gasteiger partial charge in [0.25, 0.3) is 6.43 Å². The first-order valence-corrected chi connectivity index (χ1v) is 3.94. The van der Waals surface area contributed by atoms with E-state index in [-0.39, 0.29) is 13.0 Å². The van der Waals surface area contributed by atoms with Gasteiger partial charge in [-0.3, -0.25) is 4.79 Å². The van der Waals surface area contributed by atoms with E-state index in [1.54, 1.807) is 13.8 Å². The molecule has 0 saturated carbocycles. The van der Waals surface area contributed by atoms with Crippen molar-refractivity contribution >= 4 is 5.97 Å². The highest BCUT2D eigenvalue weighted by Crippen LogP contribution is 2.30. The average molecular weight is 180 g/mol. The molecule has 0 heterocycles. The van der Waals surface area contributed by atoms with Crippen LogP contribution in [0.1, 0.15) is 27.2 Å². The third kappa shape index (κ3) is 2.16. The molecule has 2 nitrogen and oxygen atoms in total. The molecule has 0 saturated heterocycles. The van der Waals surface area contributed by atoms with E-state index in [0.29, 0.717) is 0 Å². The van der Waals surface area contributed by atoms with Crippen LogP contribution in [0.15, 0.2) is 0 Å². The predicted octanol–water partition coefficient (Wildman–Crippen LogP) is 2.23.